The van der Waals surface area contributed by atoms with Gasteiger partial charge in [-0.2, -0.15) is 0 Å². The predicted molar refractivity (Wildman–Crippen MR) is 99.9 cm³/mol. The molecular weight excluding hydrogens is 384 g/mol. The van der Waals surface area contributed by atoms with Gasteiger partial charge in [-0.25, -0.2) is 13.2 Å². The molecule has 0 aromatic heterocycles. The van der Waals surface area contributed by atoms with E-state index >= 15 is 0 Å². The maximum Gasteiger partial charge on any atom is 0.338 e. The molecular formula is C19H18N2O6S. The van der Waals surface area contributed by atoms with Crippen LogP contribution in [0.4, 0.5) is 5.69 Å². The van der Waals surface area contributed by atoms with E-state index in [9.17, 15) is 22.8 Å². The molecule has 9 heteroatoms. The van der Waals surface area contributed by atoms with Crippen LogP contribution < -0.4 is 4.72 Å². The van der Waals surface area contributed by atoms with Crippen molar-refractivity contribution in [2.24, 2.45) is 0 Å². The van der Waals surface area contributed by atoms with Crippen LogP contribution in [0, 0.1) is 0 Å². The second-order valence-corrected chi connectivity index (χ2v) is 7.80. The number of hydrogen-bond acceptors (Lipinski definition) is 6. The van der Waals surface area contributed by atoms with Gasteiger partial charge in [0, 0.05) is 18.7 Å². The van der Waals surface area contributed by atoms with Gasteiger partial charge in [-0.15, -0.1) is 0 Å². The van der Waals surface area contributed by atoms with Gasteiger partial charge < -0.3 is 4.74 Å². The van der Waals surface area contributed by atoms with Crippen molar-refractivity contribution in [3.8, 4) is 0 Å². The highest BCUT2D eigenvalue weighted by Crippen LogP contribution is 2.17. The summed E-state index contributed by atoms with van der Waals surface area (Å²) in [4.78, 5) is 36.5. The van der Waals surface area contributed by atoms with Crippen molar-refractivity contribution in [3.05, 3.63) is 60.2 Å². The lowest BCUT2D eigenvalue weighted by Crippen LogP contribution is -2.35. The number of nitrogens with one attached hydrogen (secondary N) is 1. The number of nitrogens with zero attached hydrogens (tertiary/aromatic N) is 1. The number of esters is 1. The summed E-state index contributed by atoms with van der Waals surface area (Å²) in [5, 5.41) is 0. The molecule has 0 aliphatic carbocycles. The van der Waals surface area contributed by atoms with Crippen molar-refractivity contribution in [1.82, 2.24) is 4.90 Å². The van der Waals surface area contributed by atoms with Gasteiger partial charge in [0.05, 0.1) is 10.5 Å². The molecule has 1 aliphatic heterocycles. The summed E-state index contributed by atoms with van der Waals surface area (Å²) in [5.74, 6) is -1.62. The average Bonchev–Trinajstić information content (AvgIpc) is 3.12. The summed E-state index contributed by atoms with van der Waals surface area (Å²) in [6.07, 6.45) is 0.915. The molecule has 1 saturated heterocycles. The van der Waals surface area contributed by atoms with Crippen LogP contribution in [0.1, 0.15) is 23.2 Å². The third-order valence-corrected chi connectivity index (χ3v) is 5.52. The molecule has 1 aliphatic rings. The molecule has 2 aromatic rings. The van der Waals surface area contributed by atoms with E-state index in [1.54, 1.807) is 30.3 Å². The van der Waals surface area contributed by atoms with Crippen LogP contribution in [0.2, 0.25) is 0 Å². The summed E-state index contributed by atoms with van der Waals surface area (Å²) >= 11 is 0. The fourth-order valence-corrected chi connectivity index (χ4v) is 3.75. The Hall–Kier alpha value is -3.20. The number of ether oxygens (including phenoxy) is 1. The molecule has 3 rings (SSSR count). The van der Waals surface area contributed by atoms with Crippen LogP contribution in [-0.2, 0) is 24.3 Å². The largest absolute Gasteiger partial charge is 0.452 e. The lowest BCUT2D eigenvalue weighted by molar-refractivity contribution is -0.143. The lowest BCUT2D eigenvalue weighted by Gasteiger charge is -2.13. The van der Waals surface area contributed by atoms with Crippen molar-refractivity contribution in [2.75, 3.05) is 17.9 Å². The first kappa shape index (κ1) is 19.6. The maximum absolute atomic E-state index is 12.4. The molecule has 0 spiro atoms. The van der Waals surface area contributed by atoms with E-state index in [0.717, 1.165) is 4.90 Å². The Balaban J connectivity index is 1.61. The van der Waals surface area contributed by atoms with Gasteiger partial charge in [0.25, 0.3) is 15.9 Å². The van der Waals surface area contributed by atoms with E-state index in [4.69, 9.17) is 4.74 Å². The Labute approximate surface area is 162 Å². The maximum atomic E-state index is 12.4. The van der Waals surface area contributed by atoms with Crippen LogP contribution >= 0.6 is 0 Å². The number of carbonyl (C=O) groups is 3. The molecule has 0 atom stereocenters. The van der Waals surface area contributed by atoms with Gasteiger partial charge in [0.2, 0.25) is 5.91 Å². The van der Waals surface area contributed by atoms with E-state index < -0.39 is 28.5 Å². The molecule has 1 heterocycles. The molecule has 0 radical (unpaired) electrons. The average molecular weight is 402 g/mol. The highest BCUT2D eigenvalue weighted by molar-refractivity contribution is 7.92. The van der Waals surface area contributed by atoms with Crippen LogP contribution in [0.5, 0.6) is 0 Å². The van der Waals surface area contributed by atoms with Crippen molar-refractivity contribution in [2.45, 2.75) is 17.7 Å². The number of carbonyl (C=O) groups excluding carboxylic acids is 3. The van der Waals surface area contributed by atoms with E-state index in [0.29, 0.717) is 25.1 Å². The van der Waals surface area contributed by atoms with Gasteiger partial charge in [-0.05, 0) is 42.8 Å². The standard InChI is InChI=1S/C19H18N2O6S/c22-17-7-4-12-21(17)18(23)13-27-19(24)14-8-10-16(11-9-14)28(25,26)20-15-5-2-1-3-6-15/h1-3,5-6,8-11,20H,4,7,12-13H2. The molecule has 28 heavy (non-hydrogen) atoms. The fourth-order valence-electron chi connectivity index (χ4n) is 2.69. The third-order valence-electron chi connectivity index (χ3n) is 4.13. The van der Waals surface area contributed by atoms with Crippen molar-refractivity contribution in [1.29, 1.82) is 0 Å². The molecule has 0 unspecified atom stereocenters. The summed E-state index contributed by atoms with van der Waals surface area (Å²) in [7, 11) is -3.80. The molecule has 0 bridgehead atoms. The smallest absolute Gasteiger partial charge is 0.338 e. The van der Waals surface area contributed by atoms with Gasteiger partial charge in [0.15, 0.2) is 6.61 Å². The monoisotopic (exact) mass is 402 g/mol. The number of hydrogen-bond donors (Lipinski definition) is 1. The highest BCUT2D eigenvalue weighted by Gasteiger charge is 2.27. The van der Waals surface area contributed by atoms with Crippen LogP contribution in [0.3, 0.4) is 0 Å². The van der Waals surface area contributed by atoms with Crippen molar-refractivity contribution in [3.63, 3.8) is 0 Å². The van der Waals surface area contributed by atoms with E-state index in [1.807, 2.05) is 0 Å². The summed E-state index contributed by atoms with van der Waals surface area (Å²) < 4.78 is 32.1. The van der Waals surface area contributed by atoms with Crippen molar-refractivity contribution >= 4 is 33.5 Å². The zero-order chi connectivity index (χ0) is 20.1. The number of anilines is 1. The Morgan fingerprint density at radius 2 is 1.71 bits per heavy atom. The van der Waals surface area contributed by atoms with Crippen molar-refractivity contribution < 1.29 is 27.5 Å². The lowest BCUT2D eigenvalue weighted by atomic mass is 10.2. The van der Waals surface area contributed by atoms with E-state index in [1.165, 1.54) is 24.3 Å². The topological polar surface area (TPSA) is 110 Å². The van der Waals surface area contributed by atoms with E-state index in [-0.39, 0.29) is 16.4 Å². The first-order valence-corrected chi connectivity index (χ1v) is 10.0. The highest BCUT2D eigenvalue weighted by atomic mass is 32.2. The fraction of sp³-hybridized carbons (Fsp3) is 0.211. The minimum atomic E-state index is -3.80. The first-order valence-electron chi connectivity index (χ1n) is 8.55. The normalized spacial score (nSPS) is 14.0. The number of amides is 2. The summed E-state index contributed by atoms with van der Waals surface area (Å²) in [6.45, 7) is -0.212. The molecule has 8 nitrogen and oxygen atoms in total. The second-order valence-electron chi connectivity index (χ2n) is 6.11. The van der Waals surface area contributed by atoms with Crippen LogP contribution in [-0.4, -0.2) is 44.3 Å². The number of sulfonamides is 1. The SMILES string of the molecule is O=C(OCC(=O)N1CCCC1=O)c1ccc(S(=O)(=O)Nc2ccccc2)cc1. The quantitative estimate of drug-likeness (QED) is 0.738. The third kappa shape index (κ3) is 4.55. The molecule has 0 saturated carbocycles. The number of rotatable bonds is 6. The minimum absolute atomic E-state index is 0.0216. The van der Waals surface area contributed by atoms with E-state index in [2.05, 4.69) is 4.72 Å². The summed E-state index contributed by atoms with van der Waals surface area (Å²) in [5.41, 5.74) is 0.514. The van der Waals surface area contributed by atoms with Gasteiger partial charge in [-0.3, -0.25) is 19.2 Å². The zero-order valence-corrected chi connectivity index (χ0v) is 15.6. The van der Waals surface area contributed by atoms with Crippen LogP contribution in [0.25, 0.3) is 0 Å². The van der Waals surface area contributed by atoms with Gasteiger partial charge in [-0.1, -0.05) is 18.2 Å². The zero-order valence-electron chi connectivity index (χ0n) is 14.8. The Bertz CT molecular complexity index is 987. The number of imide groups is 1. The number of benzene rings is 2. The Morgan fingerprint density at radius 3 is 2.32 bits per heavy atom. The number of likely N-dealkylation sites (tertiary alicyclic amines) is 1. The minimum Gasteiger partial charge on any atom is -0.452 e. The van der Waals surface area contributed by atoms with Gasteiger partial charge >= 0.3 is 5.97 Å². The molecule has 2 amide bonds. The molecule has 1 N–H and O–H groups in total. The van der Waals surface area contributed by atoms with Gasteiger partial charge in [0.1, 0.15) is 0 Å². The molecule has 1 fully saturated rings. The first-order chi connectivity index (χ1) is 13.4. The predicted octanol–water partition coefficient (Wildman–Crippen LogP) is 1.79. The Morgan fingerprint density at radius 1 is 1.04 bits per heavy atom. The van der Waals surface area contributed by atoms with Crippen LogP contribution in [0.15, 0.2) is 59.5 Å². The molecule has 2 aromatic carbocycles. The Kier molecular flexibility index (Phi) is 5.74. The summed E-state index contributed by atoms with van der Waals surface area (Å²) in [6, 6.07) is 13.5. The molecule has 146 valence electrons. The number of para-hydroxylation sites is 1. The second kappa shape index (κ2) is 8.22.